The van der Waals surface area contributed by atoms with Crippen LogP contribution in [0.4, 0.5) is 5.69 Å². The zero-order valence-electron chi connectivity index (χ0n) is 15.0. The molecule has 2 aromatic carbocycles. The number of anilines is 1. The maximum absolute atomic E-state index is 13.1. The van der Waals surface area contributed by atoms with Crippen LogP contribution < -0.4 is 5.32 Å². The number of nitrogens with one attached hydrogen (secondary N) is 1. The molecule has 1 atom stereocenters. The molecule has 0 radical (unpaired) electrons. The molecule has 1 saturated carbocycles. The van der Waals surface area contributed by atoms with Crippen molar-refractivity contribution in [2.45, 2.75) is 38.7 Å². The lowest BCUT2D eigenvalue weighted by Gasteiger charge is -2.15. The number of aromatic nitrogens is 1. The lowest BCUT2D eigenvalue weighted by Crippen LogP contribution is -2.15. The zero-order chi connectivity index (χ0) is 18.3. The van der Waals surface area contributed by atoms with Gasteiger partial charge in [-0.3, -0.25) is 9.78 Å². The van der Waals surface area contributed by atoms with Crippen molar-refractivity contribution < 1.29 is 9.90 Å². The minimum atomic E-state index is -0.648. The van der Waals surface area contributed by atoms with Gasteiger partial charge in [-0.05, 0) is 51.0 Å². The first-order valence-corrected chi connectivity index (χ1v) is 9.02. The van der Waals surface area contributed by atoms with Gasteiger partial charge in [0.25, 0.3) is 5.91 Å². The Bertz CT molecular complexity index is 991. The van der Waals surface area contributed by atoms with E-state index in [1.807, 2.05) is 55.5 Å². The van der Waals surface area contributed by atoms with Crippen LogP contribution in [-0.4, -0.2) is 16.0 Å². The second-order valence-electron chi connectivity index (χ2n) is 7.11. The van der Waals surface area contributed by atoms with Gasteiger partial charge in [-0.15, -0.1) is 0 Å². The zero-order valence-corrected chi connectivity index (χ0v) is 15.0. The molecule has 26 heavy (non-hydrogen) atoms. The first-order valence-electron chi connectivity index (χ1n) is 9.02. The van der Waals surface area contributed by atoms with Gasteiger partial charge in [0.15, 0.2) is 0 Å². The molecule has 132 valence electrons. The molecule has 0 saturated heterocycles. The average molecular weight is 346 g/mol. The number of aliphatic hydroxyl groups is 1. The van der Waals surface area contributed by atoms with Gasteiger partial charge in [-0.2, -0.15) is 0 Å². The van der Waals surface area contributed by atoms with Crippen molar-refractivity contribution in [1.82, 2.24) is 4.98 Å². The van der Waals surface area contributed by atoms with Gasteiger partial charge < -0.3 is 10.4 Å². The van der Waals surface area contributed by atoms with Gasteiger partial charge in [0.1, 0.15) is 0 Å². The number of aryl methyl sites for hydroxylation is 1. The Morgan fingerprint density at radius 3 is 2.69 bits per heavy atom. The highest BCUT2D eigenvalue weighted by molar-refractivity contribution is 6.12. The average Bonchev–Trinajstić information content (AvgIpc) is 3.46. The highest BCUT2D eigenvalue weighted by Gasteiger charge is 2.27. The molecule has 4 nitrogen and oxygen atoms in total. The molecule has 0 bridgehead atoms. The summed E-state index contributed by atoms with van der Waals surface area (Å²) in [6.45, 7) is 3.71. The molecule has 4 heteroatoms. The van der Waals surface area contributed by atoms with Crippen molar-refractivity contribution in [2.24, 2.45) is 0 Å². The minimum Gasteiger partial charge on any atom is -0.389 e. The Kier molecular flexibility index (Phi) is 4.21. The number of aliphatic hydroxyl groups excluding tert-OH is 1. The van der Waals surface area contributed by atoms with E-state index in [0.29, 0.717) is 22.7 Å². The highest BCUT2D eigenvalue weighted by atomic mass is 16.3. The number of para-hydroxylation sites is 1. The Hall–Kier alpha value is -2.72. The maximum Gasteiger partial charge on any atom is 0.256 e. The topological polar surface area (TPSA) is 62.2 Å². The van der Waals surface area contributed by atoms with Crippen LogP contribution in [0.2, 0.25) is 0 Å². The number of nitrogens with zero attached hydrogens (tertiary/aromatic N) is 1. The van der Waals surface area contributed by atoms with Gasteiger partial charge in [0.2, 0.25) is 0 Å². The van der Waals surface area contributed by atoms with Crippen molar-refractivity contribution in [1.29, 1.82) is 0 Å². The molecule has 1 unspecified atom stereocenters. The van der Waals surface area contributed by atoms with Gasteiger partial charge in [-0.25, -0.2) is 0 Å². The van der Waals surface area contributed by atoms with E-state index in [0.717, 1.165) is 35.0 Å². The van der Waals surface area contributed by atoms with E-state index < -0.39 is 6.10 Å². The highest BCUT2D eigenvalue weighted by Crippen LogP contribution is 2.40. The van der Waals surface area contributed by atoms with E-state index in [-0.39, 0.29) is 5.91 Å². The number of carbonyl (C=O) groups is 1. The summed E-state index contributed by atoms with van der Waals surface area (Å²) in [6, 6.07) is 15.3. The molecule has 0 spiro atoms. The summed E-state index contributed by atoms with van der Waals surface area (Å²) in [5, 5.41) is 13.8. The van der Waals surface area contributed by atoms with Crippen LogP contribution in [0.25, 0.3) is 10.9 Å². The second kappa shape index (κ2) is 6.54. The van der Waals surface area contributed by atoms with Crippen molar-refractivity contribution in [3.8, 4) is 0 Å². The Balaban J connectivity index is 1.78. The molecule has 4 rings (SSSR count). The summed E-state index contributed by atoms with van der Waals surface area (Å²) in [7, 11) is 0. The van der Waals surface area contributed by atoms with E-state index >= 15 is 0 Å². The molecule has 3 aromatic rings. The predicted molar refractivity (Wildman–Crippen MR) is 103 cm³/mol. The van der Waals surface area contributed by atoms with E-state index in [1.165, 1.54) is 0 Å². The van der Waals surface area contributed by atoms with Crippen LogP contribution in [0, 0.1) is 6.92 Å². The Morgan fingerprint density at radius 2 is 1.96 bits per heavy atom. The molecular formula is C22H22N2O2. The molecule has 0 aliphatic heterocycles. The van der Waals surface area contributed by atoms with E-state index in [9.17, 15) is 9.90 Å². The van der Waals surface area contributed by atoms with Gasteiger partial charge >= 0.3 is 0 Å². The number of carbonyl (C=O) groups excluding carboxylic acids is 1. The molecule has 1 aliphatic carbocycles. The maximum atomic E-state index is 13.1. The summed E-state index contributed by atoms with van der Waals surface area (Å²) in [5.74, 6) is 0.301. The Labute approximate surface area is 152 Å². The number of benzene rings is 2. The minimum absolute atomic E-state index is 0.169. The smallest absolute Gasteiger partial charge is 0.256 e. The normalized spacial score (nSPS) is 15.0. The molecule has 1 aliphatic rings. The summed E-state index contributed by atoms with van der Waals surface area (Å²) in [4.78, 5) is 17.8. The Morgan fingerprint density at radius 1 is 1.19 bits per heavy atom. The van der Waals surface area contributed by atoms with Crippen LogP contribution in [0.1, 0.15) is 59.0 Å². The van der Waals surface area contributed by atoms with Crippen LogP contribution >= 0.6 is 0 Å². The van der Waals surface area contributed by atoms with Crippen LogP contribution in [0.3, 0.4) is 0 Å². The number of amides is 1. The predicted octanol–water partition coefficient (Wildman–Crippen LogP) is 4.73. The van der Waals surface area contributed by atoms with Crippen molar-refractivity contribution in [3.05, 3.63) is 70.9 Å². The number of pyridine rings is 1. The summed E-state index contributed by atoms with van der Waals surface area (Å²) >= 11 is 0. The summed E-state index contributed by atoms with van der Waals surface area (Å²) in [6.07, 6.45) is 1.62. The molecule has 1 heterocycles. The number of hydrogen-bond acceptors (Lipinski definition) is 3. The summed E-state index contributed by atoms with van der Waals surface area (Å²) in [5.41, 5.74) is 4.93. The van der Waals surface area contributed by atoms with E-state index in [1.54, 1.807) is 6.92 Å². The van der Waals surface area contributed by atoms with Gasteiger partial charge in [-0.1, -0.05) is 29.8 Å². The monoisotopic (exact) mass is 346 g/mol. The SMILES string of the molecule is Cc1ccc2nc(C3CC3)cc(C(=O)Nc3ccccc3C(C)O)c2c1. The molecular weight excluding hydrogens is 324 g/mol. The lowest BCUT2D eigenvalue weighted by atomic mass is 10.0. The first-order chi connectivity index (χ1) is 12.5. The van der Waals surface area contributed by atoms with Crippen molar-refractivity contribution >= 4 is 22.5 Å². The largest absolute Gasteiger partial charge is 0.389 e. The molecule has 1 aromatic heterocycles. The second-order valence-corrected chi connectivity index (χ2v) is 7.11. The van der Waals surface area contributed by atoms with Crippen LogP contribution in [0.5, 0.6) is 0 Å². The van der Waals surface area contributed by atoms with Crippen LogP contribution in [0.15, 0.2) is 48.5 Å². The molecule has 2 N–H and O–H groups in total. The van der Waals surface area contributed by atoms with Crippen molar-refractivity contribution in [3.63, 3.8) is 0 Å². The third-order valence-electron chi connectivity index (χ3n) is 4.88. The number of hydrogen-bond donors (Lipinski definition) is 2. The molecule has 1 fully saturated rings. The fourth-order valence-electron chi connectivity index (χ4n) is 3.30. The fourth-order valence-corrected chi connectivity index (χ4v) is 3.30. The van der Waals surface area contributed by atoms with E-state index in [2.05, 4.69) is 5.32 Å². The van der Waals surface area contributed by atoms with Gasteiger partial charge in [0.05, 0.1) is 17.2 Å². The quantitative estimate of drug-likeness (QED) is 0.718. The third-order valence-corrected chi connectivity index (χ3v) is 4.88. The van der Waals surface area contributed by atoms with Crippen LogP contribution in [-0.2, 0) is 0 Å². The molecule has 1 amide bonds. The van der Waals surface area contributed by atoms with Gasteiger partial charge in [0, 0.05) is 28.2 Å². The van der Waals surface area contributed by atoms with Crippen molar-refractivity contribution in [2.75, 3.05) is 5.32 Å². The third kappa shape index (κ3) is 3.20. The first kappa shape index (κ1) is 16.7. The van der Waals surface area contributed by atoms with E-state index in [4.69, 9.17) is 4.98 Å². The fraction of sp³-hybridized carbons (Fsp3) is 0.273. The number of fused-ring (bicyclic) bond motifs is 1. The standard InChI is InChI=1S/C22H22N2O2/c1-13-7-10-20-17(11-13)18(12-21(23-20)15-8-9-15)22(26)24-19-6-4-3-5-16(19)14(2)25/h3-7,10-12,14-15,25H,8-9H2,1-2H3,(H,24,26). The summed E-state index contributed by atoms with van der Waals surface area (Å²) < 4.78 is 0. The number of rotatable bonds is 4. The lowest BCUT2D eigenvalue weighted by molar-refractivity contribution is 0.102.